The number of alkyl halides is 3. The number of piperidine rings is 1. The standard InChI is InChI=1S/C22H25F3N8O3/c1-12-9-17(29-18-11-19(34)32-31-18)30-21(26-12)36-16-4-3-14(10-15(16)22(23,24)25)28-20(35)27-13-5-7-33(2)8-6-13/h3-4,9-11,13H,5-8H2,1-2H3,(H2,27,28,35)(H3,26,29,30,31,32,34). The summed E-state index contributed by atoms with van der Waals surface area (Å²) in [5.74, 6) is -0.261. The van der Waals surface area contributed by atoms with Crippen LogP contribution in [0.15, 0.2) is 30.3 Å². The molecule has 0 spiro atoms. The Morgan fingerprint density at radius 1 is 1.19 bits per heavy atom. The van der Waals surface area contributed by atoms with Gasteiger partial charge >= 0.3 is 18.2 Å². The number of H-pyrrole nitrogens is 1. The molecule has 2 aromatic heterocycles. The zero-order valence-corrected chi connectivity index (χ0v) is 19.5. The molecule has 1 fully saturated rings. The number of carbonyl (C=O) groups excluding carboxylic acids is 1. The number of benzene rings is 1. The fourth-order valence-electron chi connectivity index (χ4n) is 3.69. The average Bonchev–Trinajstić information content (AvgIpc) is 3.19. The number of nitrogens with one attached hydrogen (secondary N) is 4. The molecule has 1 aliphatic heterocycles. The Kier molecular flexibility index (Phi) is 7.15. The van der Waals surface area contributed by atoms with E-state index in [0.717, 1.165) is 38.1 Å². The van der Waals surface area contributed by atoms with Crippen LogP contribution in [-0.2, 0) is 6.18 Å². The molecule has 0 atom stereocenters. The van der Waals surface area contributed by atoms with Crippen LogP contribution in [0.3, 0.4) is 0 Å². The highest BCUT2D eigenvalue weighted by atomic mass is 19.4. The van der Waals surface area contributed by atoms with Gasteiger partial charge in [-0.15, -0.1) is 5.10 Å². The van der Waals surface area contributed by atoms with Crippen molar-refractivity contribution in [2.75, 3.05) is 30.8 Å². The van der Waals surface area contributed by atoms with Gasteiger partial charge in [0, 0.05) is 29.6 Å². The van der Waals surface area contributed by atoms with Gasteiger partial charge in [-0.05, 0) is 58.1 Å². The highest BCUT2D eigenvalue weighted by molar-refractivity contribution is 5.89. The largest absolute Gasteiger partial charge is 0.492 e. The number of carbonyl (C=O) groups is 1. The summed E-state index contributed by atoms with van der Waals surface area (Å²) in [5, 5.41) is 23.5. The maximum absolute atomic E-state index is 13.8. The molecule has 3 heterocycles. The summed E-state index contributed by atoms with van der Waals surface area (Å²) in [4.78, 5) is 22.6. The summed E-state index contributed by atoms with van der Waals surface area (Å²) < 4.78 is 46.9. The van der Waals surface area contributed by atoms with Crippen LogP contribution in [-0.4, -0.2) is 62.4 Å². The predicted octanol–water partition coefficient (Wildman–Crippen LogP) is 3.98. The van der Waals surface area contributed by atoms with E-state index >= 15 is 0 Å². The zero-order valence-electron chi connectivity index (χ0n) is 19.5. The summed E-state index contributed by atoms with van der Waals surface area (Å²) in [6.07, 6.45) is -3.24. The van der Waals surface area contributed by atoms with Gasteiger partial charge in [0.1, 0.15) is 22.9 Å². The number of aromatic nitrogens is 4. The molecule has 1 saturated heterocycles. The molecule has 1 aromatic carbocycles. The lowest BCUT2D eigenvalue weighted by atomic mass is 10.1. The minimum absolute atomic E-state index is 0.0355. The second-order valence-electron chi connectivity index (χ2n) is 8.43. The first-order valence-corrected chi connectivity index (χ1v) is 11.1. The number of anilines is 3. The van der Waals surface area contributed by atoms with Gasteiger partial charge in [-0.25, -0.2) is 9.78 Å². The van der Waals surface area contributed by atoms with Gasteiger partial charge in [-0.3, -0.25) is 5.10 Å². The Labute approximate surface area is 204 Å². The highest BCUT2D eigenvalue weighted by Gasteiger charge is 2.35. The normalized spacial score (nSPS) is 14.9. The van der Waals surface area contributed by atoms with Gasteiger partial charge in [-0.1, -0.05) is 0 Å². The minimum atomic E-state index is -4.77. The van der Waals surface area contributed by atoms with Crippen molar-refractivity contribution in [2.24, 2.45) is 0 Å². The van der Waals surface area contributed by atoms with Crippen LogP contribution >= 0.6 is 0 Å². The van der Waals surface area contributed by atoms with Crippen molar-refractivity contribution < 1.29 is 27.8 Å². The molecule has 2 amide bonds. The SMILES string of the molecule is Cc1cc(Nc2cc(O)n[nH]2)nc(Oc2ccc(NC(=O)NC3CCN(C)CC3)cc2C(F)(F)F)n1. The number of hydrogen-bond acceptors (Lipinski definition) is 8. The number of aromatic amines is 1. The van der Waals surface area contributed by atoms with Crippen molar-refractivity contribution in [1.82, 2.24) is 30.4 Å². The Balaban J connectivity index is 1.49. The smallest absolute Gasteiger partial charge is 0.420 e. The Bertz CT molecular complexity index is 1230. The van der Waals surface area contributed by atoms with Gasteiger partial charge < -0.3 is 30.7 Å². The van der Waals surface area contributed by atoms with Crippen molar-refractivity contribution >= 4 is 23.4 Å². The molecule has 0 saturated carbocycles. The van der Waals surface area contributed by atoms with Gasteiger partial charge in [0.15, 0.2) is 0 Å². The molecule has 0 aliphatic carbocycles. The number of amides is 2. The van der Waals surface area contributed by atoms with Crippen LogP contribution in [0.5, 0.6) is 17.6 Å². The number of hydrogen-bond donors (Lipinski definition) is 5. The van der Waals surface area contributed by atoms with Gasteiger partial charge in [0.25, 0.3) is 0 Å². The molecule has 192 valence electrons. The molecule has 4 rings (SSSR count). The molecule has 3 aromatic rings. The molecule has 1 aliphatic rings. The first kappa shape index (κ1) is 25.0. The second-order valence-corrected chi connectivity index (χ2v) is 8.43. The molecule has 36 heavy (non-hydrogen) atoms. The number of nitrogens with zero attached hydrogens (tertiary/aromatic N) is 4. The molecule has 0 unspecified atom stereocenters. The van der Waals surface area contributed by atoms with Crippen molar-refractivity contribution in [3.05, 3.63) is 41.6 Å². The summed E-state index contributed by atoms with van der Waals surface area (Å²) in [5.41, 5.74) is -0.715. The number of urea groups is 1. The molecule has 0 radical (unpaired) electrons. The van der Waals surface area contributed by atoms with Gasteiger partial charge in [0.2, 0.25) is 5.88 Å². The minimum Gasteiger partial charge on any atom is -0.492 e. The molecule has 0 bridgehead atoms. The number of aromatic hydroxyl groups is 1. The summed E-state index contributed by atoms with van der Waals surface area (Å²) in [7, 11) is 1.99. The first-order chi connectivity index (χ1) is 17.0. The Morgan fingerprint density at radius 2 is 1.94 bits per heavy atom. The highest BCUT2D eigenvalue weighted by Crippen LogP contribution is 2.39. The van der Waals surface area contributed by atoms with Crippen molar-refractivity contribution in [3.8, 4) is 17.6 Å². The number of rotatable bonds is 6. The quantitative estimate of drug-likeness (QED) is 0.338. The summed E-state index contributed by atoms with van der Waals surface area (Å²) >= 11 is 0. The third-order valence-electron chi connectivity index (χ3n) is 5.46. The third kappa shape index (κ3) is 6.53. The van der Waals surface area contributed by atoms with Gasteiger partial charge in [-0.2, -0.15) is 18.2 Å². The Morgan fingerprint density at radius 3 is 2.61 bits per heavy atom. The van der Waals surface area contributed by atoms with E-state index in [4.69, 9.17) is 4.74 Å². The van der Waals surface area contributed by atoms with E-state index in [1.165, 1.54) is 18.2 Å². The predicted molar refractivity (Wildman–Crippen MR) is 124 cm³/mol. The van der Waals surface area contributed by atoms with E-state index in [1.807, 2.05) is 7.05 Å². The lowest BCUT2D eigenvalue weighted by Gasteiger charge is -2.29. The number of halogens is 3. The molecule has 11 nitrogen and oxygen atoms in total. The van der Waals surface area contributed by atoms with E-state index in [-0.39, 0.29) is 29.4 Å². The first-order valence-electron chi connectivity index (χ1n) is 11.1. The Hall–Kier alpha value is -4.07. The molecular weight excluding hydrogens is 481 g/mol. The summed E-state index contributed by atoms with van der Waals surface area (Å²) in [6, 6.07) is 5.09. The molecule has 5 N–H and O–H groups in total. The number of ether oxygens (including phenoxy) is 1. The van der Waals surface area contributed by atoms with E-state index in [0.29, 0.717) is 11.5 Å². The zero-order chi connectivity index (χ0) is 25.9. The monoisotopic (exact) mass is 506 g/mol. The van der Waals surface area contributed by atoms with E-state index in [1.54, 1.807) is 6.92 Å². The van der Waals surface area contributed by atoms with Crippen molar-refractivity contribution in [3.63, 3.8) is 0 Å². The topological polar surface area (TPSA) is 140 Å². The fraction of sp³-hybridized carbons (Fsp3) is 0.364. The van der Waals surface area contributed by atoms with Crippen LogP contribution in [0, 0.1) is 6.92 Å². The lowest BCUT2D eigenvalue weighted by Crippen LogP contribution is -2.44. The maximum Gasteiger partial charge on any atom is 0.420 e. The van der Waals surface area contributed by atoms with Crippen LogP contribution in [0.1, 0.15) is 24.1 Å². The van der Waals surface area contributed by atoms with Crippen LogP contribution in [0.4, 0.5) is 35.3 Å². The van der Waals surface area contributed by atoms with Crippen molar-refractivity contribution in [1.29, 1.82) is 0 Å². The van der Waals surface area contributed by atoms with E-state index in [9.17, 15) is 23.1 Å². The number of aryl methyl sites for hydroxylation is 1. The second kappa shape index (κ2) is 10.3. The van der Waals surface area contributed by atoms with Crippen LogP contribution in [0.2, 0.25) is 0 Å². The fourth-order valence-corrected chi connectivity index (χ4v) is 3.69. The third-order valence-corrected chi connectivity index (χ3v) is 5.46. The van der Waals surface area contributed by atoms with E-state index in [2.05, 4.69) is 41.0 Å². The average molecular weight is 506 g/mol. The van der Waals surface area contributed by atoms with Crippen LogP contribution in [0.25, 0.3) is 0 Å². The molecule has 14 heteroatoms. The maximum atomic E-state index is 13.8. The molecular formula is C22H25F3N8O3. The number of likely N-dealkylation sites (tertiary alicyclic amines) is 1. The summed E-state index contributed by atoms with van der Waals surface area (Å²) in [6.45, 7) is 3.28. The van der Waals surface area contributed by atoms with Crippen molar-refractivity contribution in [2.45, 2.75) is 32.0 Å². The van der Waals surface area contributed by atoms with E-state index < -0.39 is 23.5 Å². The van der Waals surface area contributed by atoms with Gasteiger partial charge in [0.05, 0.1) is 0 Å². The van der Waals surface area contributed by atoms with Crippen LogP contribution < -0.4 is 20.7 Å². The lowest BCUT2D eigenvalue weighted by molar-refractivity contribution is -0.138.